The second-order valence-corrected chi connectivity index (χ2v) is 4.96. The molecule has 3 nitrogen and oxygen atoms in total. The summed E-state index contributed by atoms with van der Waals surface area (Å²) < 4.78 is 0. The van der Waals surface area contributed by atoms with Crippen LogP contribution in [0, 0.1) is 0 Å². The molecule has 1 fully saturated rings. The smallest absolute Gasteiger partial charge is 0.182 e. The number of anilines is 1. The first-order valence-electron chi connectivity index (χ1n) is 5.16. The molecule has 0 aromatic carbocycles. The Balaban J connectivity index is 1.96. The SMILES string of the molecule is CNc1ncc(CN2CCCC2C)s1. The van der Waals surface area contributed by atoms with Crippen molar-refractivity contribution in [2.75, 3.05) is 18.9 Å². The number of hydrogen-bond donors (Lipinski definition) is 1. The zero-order valence-corrected chi connectivity index (χ0v) is 9.60. The first kappa shape index (κ1) is 9.93. The van der Waals surface area contributed by atoms with E-state index in [1.54, 1.807) is 11.3 Å². The molecule has 1 aliphatic heterocycles. The van der Waals surface area contributed by atoms with Crippen LogP contribution in [0.2, 0.25) is 0 Å². The second-order valence-electron chi connectivity index (χ2n) is 3.84. The van der Waals surface area contributed by atoms with Crippen LogP contribution >= 0.6 is 11.3 Å². The van der Waals surface area contributed by atoms with Crippen molar-refractivity contribution in [2.45, 2.75) is 32.4 Å². The van der Waals surface area contributed by atoms with Crippen LogP contribution < -0.4 is 5.32 Å². The minimum absolute atomic E-state index is 0.745. The van der Waals surface area contributed by atoms with Crippen LogP contribution in [0.25, 0.3) is 0 Å². The topological polar surface area (TPSA) is 28.2 Å². The maximum absolute atomic E-state index is 4.28. The van der Waals surface area contributed by atoms with Gasteiger partial charge in [-0.2, -0.15) is 0 Å². The van der Waals surface area contributed by atoms with Crippen LogP contribution in [0.4, 0.5) is 5.13 Å². The van der Waals surface area contributed by atoms with Crippen LogP contribution in [-0.4, -0.2) is 29.5 Å². The van der Waals surface area contributed by atoms with Gasteiger partial charge in [-0.3, -0.25) is 4.90 Å². The van der Waals surface area contributed by atoms with Gasteiger partial charge in [-0.1, -0.05) is 0 Å². The van der Waals surface area contributed by atoms with Crippen molar-refractivity contribution in [2.24, 2.45) is 0 Å². The summed E-state index contributed by atoms with van der Waals surface area (Å²) in [5.41, 5.74) is 0. The Kier molecular flexibility index (Phi) is 3.03. The van der Waals surface area contributed by atoms with Crippen LogP contribution in [0.3, 0.4) is 0 Å². The standard InChI is InChI=1S/C10H17N3S/c1-8-4-3-5-13(8)7-9-6-12-10(11-2)14-9/h6,8H,3-5,7H2,1-2H3,(H,11,12). The molecule has 1 aromatic rings. The third-order valence-electron chi connectivity index (χ3n) is 2.82. The lowest BCUT2D eigenvalue weighted by atomic mass is 10.2. The Morgan fingerprint density at radius 2 is 2.57 bits per heavy atom. The van der Waals surface area contributed by atoms with E-state index in [9.17, 15) is 0 Å². The predicted octanol–water partition coefficient (Wildman–Crippen LogP) is 2.17. The Morgan fingerprint density at radius 3 is 3.14 bits per heavy atom. The predicted molar refractivity (Wildman–Crippen MR) is 60.8 cm³/mol. The van der Waals surface area contributed by atoms with Crippen molar-refractivity contribution >= 4 is 16.5 Å². The fourth-order valence-electron chi connectivity index (χ4n) is 1.92. The van der Waals surface area contributed by atoms with Crippen molar-refractivity contribution in [1.82, 2.24) is 9.88 Å². The quantitative estimate of drug-likeness (QED) is 0.830. The molecule has 78 valence electrons. The van der Waals surface area contributed by atoms with Gasteiger partial charge >= 0.3 is 0 Å². The highest BCUT2D eigenvalue weighted by atomic mass is 32.1. The molecule has 1 saturated heterocycles. The summed E-state index contributed by atoms with van der Waals surface area (Å²) in [6.07, 6.45) is 4.68. The normalized spacial score (nSPS) is 22.9. The van der Waals surface area contributed by atoms with Gasteiger partial charge in [0.15, 0.2) is 5.13 Å². The number of nitrogens with one attached hydrogen (secondary N) is 1. The molecule has 1 aromatic heterocycles. The summed E-state index contributed by atoms with van der Waals surface area (Å²) >= 11 is 1.76. The summed E-state index contributed by atoms with van der Waals surface area (Å²) in [6.45, 7) is 4.63. The molecule has 0 radical (unpaired) electrons. The Hall–Kier alpha value is -0.610. The number of thiazole rings is 1. The van der Waals surface area contributed by atoms with Crippen molar-refractivity contribution in [3.8, 4) is 0 Å². The molecule has 0 spiro atoms. The van der Waals surface area contributed by atoms with Gasteiger partial charge in [-0.25, -0.2) is 4.98 Å². The fraction of sp³-hybridized carbons (Fsp3) is 0.700. The van der Waals surface area contributed by atoms with E-state index in [2.05, 4.69) is 22.1 Å². The first-order chi connectivity index (χ1) is 6.79. The molecule has 0 amide bonds. The van der Waals surface area contributed by atoms with Crippen LogP contribution in [-0.2, 0) is 6.54 Å². The van der Waals surface area contributed by atoms with E-state index in [0.29, 0.717) is 0 Å². The van der Waals surface area contributed by atoms with Gasteiger partial charge in [-0.15, -0.1) is 11.3 Å². The number of rotatable bonds is 3. The summed E-state index contributed by atoms with van der Waals surface area (Å²) in [6, 6.07) is 0.745. The highest BCUT2D eigenvalue weighted by molar-refractivity contribution is 7.15. The lowest BCUT2D eigenvalue weighted by Gasteiger charge is -2.19. The minimum Gasteiger partial charge on any atom is -0.365 e. The molecule has 1 N–H and O–H groups in total. The average molecular weight is 211 g/mol. The molecular weight excluding hydrogens is 194 g/mol. The Labute approximate surface area is 89.1 Å². The molecule has 2 heterocycles. The van der Waals surface area contributed by atoms with Gasteiger partial charge in [0, 0.05) is 30.7 Å². The van der Waals surface area contributed by atoms with E-state index < -0.39 is 0 Å². The monoisotopic (exact) mass is 211 g/mol. The lowest BCUT2D eigenvalue weighted by molar-refractivity contribution is 0.262. The Morgan fingerprint density at radius 1 is 1.71 bits per heavy atom. The summed E-state index contributed by atoms with van der Waals surface area (Å²) in [5.74, 6) is 0. The summed E-state index contributed by atoms with van der Waals surface area (Å²) in [4.78, 5) is 8.18. The van der Waals surface area contributed by atoms with E-state index in [4.69, 9.17) is 0 Å². The van der Waals surface area contributed by atoms with Gasteiger partial charge in [0.25, 0.3) is 0 Å². The van der Waals surface area contributed by atoms with Crippen molar-refractivity contribution in [1.29, 1.82) is 0 Å². The van der Waals surface area contributed by atoms with Gasteiger partial charge in [0.1, 0.15) is 0 Å². The van der Waals surface area contributed by atoms with Crippen molar-refractivity contribution in [3.63, 3.8) is 0 Å². The van der Waals surface area contributed by atoms with Gasteiger partial charge in [0.2, 0.25) is 0 Å². The summed E-state index contributed by atoms with van der Waals surface area (Å²) in [7, 11) is 1.92. The van der Waals surface area contributed by atoms with Gasteiger partial charge in [0.05, 0.1) is 0 Å². The molecule has 1 unspecified atom stereocenters. The fourth-order valence-corrected chi connectivity index (χ4v) is 2.72. The molecule has 0 bridgehead atoms. The third-order valence-corrected chi connectivity index (χ3v) is 3.82. The zero-order valence-electron chi connectivity index (χ0n) is 8.79. The highest BCUT2D eigenvalue weighted by Gasteiger charge is 2.20. The minimum atomic E-state index is 0.745. The van der Waals surface area contributed by atoms with E-state index in [1.165, 1.54) is 24.3 Å². The zero-order chi connectivity index (χ0) is 9.97. The molecule has 2 rings (SSSR count). The maximum atomic E-state index is 4.28. The van der Waals surface area contributed by atoms with E-state index in [0.717, 1.165) is 17.7 Å². The lowest BCUT2D eigenvalue weighted by Crippen LogP contribution is -2.25. The molecule has 0 saturated carbocycles. The maximum Gasteiger partial charge on any atom is 0.182 e. The largest absolute Gasteiger partial charge is 0.365 e. The molecule has 14 heavy (non-hydrogen) atoms. The first-order valence-corrected chi connectivity index (χ1v) is 5.98. The molecule has 1 aliphatic rings. The van der Waals surface area contributed by atoms with E-state index >= 15 is 0 Å². The van der Waals surface area contributed by atoms with Crippen molar-refractivity contribution < 1.29 is 0 Å². The summed E-state index contributed by atoms with van der Waals surface area (Å²) in [5, 5.41) is 4.09. The highest BCUT2D eigenvalue weighted by Crippen LogP contribution is 2.23. The number of aromatic nitrogens is 1. The van der Waals surface area contributed by atoms with E-state index in [1.807, 2.05) is 13.2 Å². The third kappa shape index (κ3) is 2.07. The van der Waals surface area contributed by atoms with Crippen LogP contribution in [0.5, 0.6) is 0 Å². The molecular formula is C10H17N3S. The van der Waals surface area contributed by atoms with Crippen LogP contribution in [0.15, 0.2) is 6.20 Å². The van der Waals surface area contributed by atoms with Crippen molar-refractivity contribution in [3.05, 3.63) is 11.1 Å². The average Bonchev–Trinajstić information content (AvgIpc) is 2.77. The molecule has 1 atom stereocenters. The number of hydrogen-bond acceptors (Lipinski definition) is 4. The van der Waals surface area contributed by atoms with Gasteiger partial charge in [-0.05, 0) is 26.3 Å². The molecule has 0 aliphatic carbocycles. The number of nitrogens with zero attached hydrogens (tertiary/aromatic N) is 2. The molecule has 4 heteroatoms. The Bertz CT molecular complexity index is 297. The number of likely N-dealkylation sites (tertiary alicyclic amines) is 1. The second kappa shape index (κ2) is 4.28. The van der Waals surface area contributed by atoms with Crippen LogP contribution in [0.1, 0.15) is 24.6 Å². The van der Waals surface area contributed by atoms with E-state index in [-0.39, 0.29) is 0 Å². The van der Waals surface area contributed by atoms with Gasteiger partial charge < -0.3 is 5.32 Å².